The number of nitrogens with zero attached hydrogens (tertiary/aromatic N) is 4. The van der Waals surface area contributed by atoms with Gasteiger partial charge in [0.05, 0.1) is 29.3 Å². The van der Waals surface area contributed by atoms with E-state index in [0.717, 1.165) is 40.5 Å². The Kier molecular flexibility index (Phi) is 5.14. The van der Waals surface area contributed by atoms with Crippen LogP contribution >= 0.6 is 11.3 Å². The average molecular weight is 430 g/mol. The lowest BCUT2D eigenvalue weighted by Gasteiger charge is -2.33. The number of nitrogens with two attached hydrogens (primary N) is 1. The molecule has 160 valence electrons. The number of amides is 2. The number of aromatic nitrogens is 3. The van der Waals surface area contributed by atoms with Crippen molar-refractivity contribution >= 4 is 23.2 Å². The molecule has 2 aliphatic rings. The number of carbonyl (C=O) groups excluding carboxylic acids is 2. The molecule has 8 nitrogen and oxygen atoms in total. The Labute approximate surface area is 179 Å². The number of primary amides is 1. The fraction of sp³-hybridized carbons (Fsp3) is 0.571. The fourth-order valence-corrected chi connectivity index (χ4v) is 5.32. The molecule has 4 rings (SSSR count). The first-order valence-electron chi connectivity index (χ1n) is 10.2. The van der Waals surface area contributed by atoms with E-state index in [9.17, 15) is 14.7 Å². The van der Waals surface area contributed by atoms with Crippen LogP contribution in [0.4, 0.5) is 0 Å². The van der Waals surface area contributed by atoms with Crippen LogP contribution in [0.3, 0.4) is 0 Å². The van der Waals surface area contributed by atoms with Crippen molar-refractivity contribution in [2.24, 2.45) is 5.73 Å². The van der Waals surface area contributed by atoms with Crippen LogP contribution in [0.25, 0.3) is 10.6 Å². The number of aliphatic hydroxyl groups excluding tert-OH is 1. The highest BCUT2D eigenvalue weighted by Gasteiger charge is 2.48. The summed E-state index contributed by atoms with van der Waals surface area (Å²) in [4.78, 5) is 41.4. The van der Waals surface area contributed by atoms with Gasteiger partial charge in [0.25, 0.3) is 0 Å². The van der Waals surface area contributed by atoms with Gasteiger partial charge in [-0.15, -0.1) is 11.3 Å². The highest BCUT2D eigenvalue weighted by Crippen LogP contribution is 2.38. The van der Waals surface area contributed by atoms with Crippen molar-refractivity contribution in [3.05, 3.63) is 28.3 Å². The maximum absolute atomic E-state index is 13.0. The minimum atomic E-state index is -1.30. The molecule has 1 aliphatic carbocycles. The molecule has 1 saturated heterocycles. The van der Waals surface area contributed by atoms with Gasteiger partial charge in [-0.1, -0.05) is 20.8 Å². The Balaban J connectivity index is 1.62. The first kappa shape index (κ1) is 20.9. The van der Waals surface area contributed by atoms with Gasteiger partial charge in [-0.25, -0.2) is 15.0 Å². The van der Waals surface area contributed by atoms with Gasteiger partial charge in [0.15, 0.2) is 0 Å². The van der Waals surface area contributed by atoms with Crippen LogP contribution in [0.5, 0.6) is 0 Å². The minimum Gasteiger partial charge on any atom is -0.393 e. The van der Waals surface area contributed by atoms with Gasteiger partial charge in [0.2, 0.25) is 11.8 Å². The smallest absolute Gasteiger partial charge is 0.245 e. The molecule has 3 heterocycles. The van der Waals surface area contributed by atoms with E-state index >= 15 is 0 Å². The number of aliphatic hydroxyl groups is 1. The first-order valence-corrected chi connectivity index (χ1v) is 11.0. The monoisotopic (exact) mass is 429 g/mol. The van der Waals surface area contributed by atoms with Crippen molar-refractivity contribution in [3.63, 3.8) is 0 Å². The number of carbonyl (C=O) groups is 2. The van der Waals surface area contributed by atoms with Crippen molar-refractivity contribution in [2.45, 2.75) is 63.8 Å². The van der Waals surface area contributed by atoms with Crippen LogP contribution in [0, 0.1) is 0 Å². The average Bonchev–Trinajstić information content (AvgIpc) is 3.31. The normalized spacial score (nSPS) is 20.7. The molecule has 1 fully saturated rings. The van der Waals surface area contributed by atoms with Crippen molar-refractivity contribution < 1.29 is 14.7 Å². The zero-order chi connectivity index (χ0) is 21.7. The predicted molar refractivity (Wildman–Crippen MR) is 113 cm³/mol. The zero-order valence-corrected chi connectivity index (χ0v) is 18.4. The predicted octanol–water partition coefficient (Wildman–Crippen LogP) is 1.38. The summed E-state index contributed by atoms with van der Waals surface area (Å²) < 4.78 is 0. The van der Waals surface area contributed by atoms with Crippen LogP contribution < -0.4 is 5.73 Å². The Morgan fingerprint density at radius 3 is 2.73 bits per heavy atom. The summed E-state index contributed by atoms with van der Waals surface area (Å²) in [6, 6.07) is 0. The van der Waals surface area contributed by atoms with E-state index in [2.05, 4.69) is 25.8 Å². The van der Waals surface area contributed by atoms with Gasteiger partial charge < -0.3 is 15.7 Å². The topological polar surface area (TPSA) is 122 Å². The molecule has 0 spiro atoms. The Bertz CT molecular complexity index is 1010. The number of hydrogen-bond acceptors (Lipinski definition) is 7. The largest absolute Gasteiger partial charge is 0.393 e. The molecule has 0 unspecified atom stereocenters. The summed E-state index contributed by atoms with van der Waals surface area (Å²) in [7, 11) is 0. The third kappa shape index (κ3) is 3.39. The number of rotatable bonds is 4. The molecule has 30 heavy (non-hydrogen) atoms. The lowest BCUT2D eigenvalue weighted by Crippen LogP contribution is -2.58. The zero-order valence-electron chi connectivity index (χ0n) is 17.6. The second-order valence-electron chi connectivity index (χ2n) is 9.08. The van der Waals surface area contributed by atoms with Crippen LogP contribution in [0.2, 0.25) is 0 Å². The number of hydrogen-bond donors (Lipinski definition) is 2. The summed E-state index contributed by atoms with van der Waals surface area (Å²) in [5, 5.41) is 10.5. The Hall–Kier alpha value is -2.39. The van der Waals surface area contributed by atoms with Gasteiger partial charge in [0, 0.05) is 18.2 Å². The van der Waals surface area contributed by atoms with E-state index in [4.69, 9.17) is 15.7 Å². The fourth-order valence-electron chi connectivity index (χ4n) is 4.20. The number of fused-ring (bicyclic) bond motifs is 3. The second-order valence-corrected chi connectivity index (χ2v) is 10.2. The third-order valence-electron chi connectivity index (χ3n) is 5.94. The number of likely N-dealkylation sites (tertiary alicyclic amines) is 1. The number of thiazole rings is 1. The SMILES string of the molecule is CC(C)(C)c1ncc2c(n1)-c1sc(CC(=O)N3CCC[C@@]3(CO)C(N)=O)nc1CC2. The van der Waals surface area contributed by atoms with E-state index in [0.29, 0.717) is 24.4 Å². The van der Waals surface area contributed by atoms with E-state index in [-0.39, 0.29) is 17.7 Å². The first-order chi connectivity index (χ1) is 14.2. The molecule has 2 aromatic heterocycles. The van der Waals surface area contributed by atoms with Crippen molar-refractivity contribution in [1.29, 1.82) is 0 Å². The van der Waals surface area contributed by atoms with E-state index in [1.54, 1.807) is 0 Å². The standard InChI is InChI=1S/C21H27N5O3S/c1-20(2,3)19-23-10-12-5-6-13-17(16(12)25-19)30-14(24-13)9-15(28)26-8-4-7-21(26,11-27)18(22)29/h10,27H,4-9,11H2,1-3H3,(H2,22,29)/t21-/m1/s1. The van der Waals surface area contributed by atoms with Gasteiger partial charge in [0.1, 0.15) is 16.4 Å². The lowest BCUT2D eigenvalue weighted by molar-refractivity contribution is -0.145. The van der Waals surface area contributed by atoms with Gasteiger partial charge in [-0.2, -0.15) is 0 Å². The third-order valence-corrected chi connectivity index (χ3v) is 7.04. The van der Waals surface area contributed by atoms with Crippen molar-refractivity contribution in [2.75, 3.05) is 13.2 Å². The molecule has 2 aromatic rings. The molecule has 0 radical (unpaired) electrons. The highest BCUT2D eigenvalue weighted by molar-refractivity contribution is 7.15. The summed E-state index contributed by atoms with van der Waals surface area (Å²) in [6.07, 6.45) is 4.63. The molecular weight excluding hydrogens is 402 g/mol. The molecule has 0 aromatic carbocycles. The Morgan fingerprint density at radius 1 is 1.30 bits per heavy atom. The molecule has 2 amide bonds. The van der Waals surface area contributed by atoms with Crippen molar-refractivity contribution in [1.82, 2.24) is 19.9 Å². The molecule has 3 N–H and O–H groups in total. The van der Waals surface area contributed by atoms with Crippen LogP contribution in [-0.4, -0.2) is 55.5 Å². The summed E-state index contributed by atoms with van der Waals surface area (Å²) >= 11 is 1.47. The van der Waals surface area contributed by atoms with Crippen molar-refractivity contribution in [3.8, 4) is 10.6 Å². The van der Waals surface area contributed by atoms with Crippen LogP contribution in [0.1, 0.15) is 55.7 Å². The maximum Gasteiger partial charge on any atom is 0.245 e. The highest BCUT2D eigenvalue weighted by atomic mass is 32.1. The number of aryl methyl sites for hydroxylation is 2. The van der Waals surface area contributed by atoms with Gasteiger partial charge in [-0.05, 0) is 31.2 Å². The molecule has 1 atom stereocenters. The summed E-state index contributed by atoms with van der Waals surface area (Å²) in [5.74, 6) is -0.106. The summed E-state index contributed by atoms with van der Waals surface area (Å²) in [5.41, 5.74) is 7.04. The quantitative estimate of drug-likeness (QED) is 0.757. The summed E-state index contributed by atoms with van der Waals surface area (Å²) in [6.45, 7) is 6.20. The minimum absolute atomic E-state index is 0.0826. The van der Waals surface area contributed by atoms with E-state index in [1.807, 2.05) is 6.20 Å². The van der Waals surface area contributed by atoms with Gasteiger partial charge in [-0.3, -0.25) is 9.59 Å². The molecule has 9 heteroatoms. The maximum atomic E-state index is 13.0. The van der Waals surface area contributed by atoms with E-state index in [1.165, 1.54) is 16.2 Å². The molecule has 0 saturated carbocycles. The lowest BCUT2D eigenvalue weighted by atomic mass is 9.94. The molecule has 1 aliphatic heterocycles. The molecular formula is C21H27N5O3S. The Morgan fingerprint density at radius 2 is 2.07 bits per heavy atom. The van der Waals surface area contributed by atoms with E-state index < -0.39 is 18.1 Å². The van der Waals surface area contributed by atoms with Gasteiger partial charge >= 0.3 is 0 Å². The molecule has 0 bridgehead atoms. The van der Waals surface area contributed by atoms with Crippen LogP contribution in [-0.2, 0) is 34.3 Å². The van der Waals surface area contributed by atoms with Crippen LogP contribution in [0.15, 0.2) is 6.20 Å². The second kappa shape index (κ2) is 7.39.